The zero-order valence-corrected chi connectivity index (χ0v) is 13.1. The molecule has 0 saturated carbocycles. The number of ether oxygens (including phenoxy) is 1. The number of hydrogen-bond acceptors (Lipinski definition) is 3. The molecule has 0 amide bonds. The summed E-state index contributed by atoms with van der Waals surface area (Å²) in [5.41, 5.74) is 1.12. The maximum absolute atomic E-state index is 6.07. The van der Waals surface area contributed by atoms with Crippen molar-refractivity contribution in [2.45, 2.75) is 26.3 Å². The third kappa shape index (κ3) is 5.81. The zero-order chi connectivity index (χ0) is 14.3. The molecule has 1 unspecified atom stereocenters. The fourth-order valence-corrected chi connectivity index (χ4v) is 2.15. The van der Waals surface area contributed by atoms with E-state index < -0.39 is 0 Å². The summed E-state index contributed by atoms with van der Waals surface area (Å²) in [6, 6.07) is 6.06. The second-order valence-electron chi connectivity index (χ2n) is 4.97. The van der Waals surface area contributed by atoms with Crippen LogP contribution in [0, 0.1) is 0 Å². The van der Waals surface area contributed by atoms with E-state index in [9.17, 15) is 0 Å². The molecule has 0 aliphatic heterocycles. The fraction of sp³-hybridized carbons (Fsp3) is 0.600. The van der Waals surface area contributed by atoms with Gasteiger partial charge in [0.05, 0.1) is 6.61 Å². The van der Waals surface area contributed by atoms with Gasteiger partial charge in [0.15, 0.2) is 0 Å². The van der Waals surface area contributed by atoms with Crippen LogP contribution in [-0.2, 0) is 0 Å². The number of nitrogens with one attached hydrogen (secondary N) is 1. The van der Waals surface area contributed by atoms with Crippen LogP contribution in [0.5, 0.6) is 5.75 Å². The zero-order valence-electron chi connectivity index (χ0n) is 12.4. The van der Waals surface area contributed by atoms with Crippen molar-refractivity contribution < 1.29 is 4.74 Å². The SMILES string of the molecule is CCNC(C)c1cc(Cl)ccc1OCCCN(C)C. The molecule has 1 rings (SSSR count). The van der Waals surface area contributed by atoms with Crippen LogP contribution in [0.25, 0.3) is 0 Å². The highest BCUT2D eigenvalue weighted by atomic mass is 35.5. The first-order valence-electron chi connectivity index (χ1n) is 6.85. The minimum atomic E-state index is 0.243. The molecule has 3 nitrogen and oxygen atoms in total. The minimum absolute atomic E-state index is 0.243. The molecule has 0 saturated heterocycles. The number of benzene rings is 1. The Morgan fingerprint density at radius 2 is 2.11 bits per heavy atom. The standard InChI is InChI=1S/C15H25ClN2O/c1-5-17-12(2)14-11-13(16)7-8-15(14)19-10-6-9-18(3)4/h7-8,11-12,17H,5-6,9-10H2,1-4H3. The first-order chi connectivity index (χ1) is 9.04. The van der Waals surface area contributed by atoms with Gasteiger partial charge in [-0.25, -0.2) is 0 Å². The van der Waals surface area contributed by atoms with Gasteiger partial charge in [-0.2, -0.15) is 0 Å². The van der Waals surface area contributed by atoms with Crippen LogP contribution < -0.4 is 10.1 Å². The normalized spacial score (nSPS) is 12.7. The molecule has 1 atom stereocenters. The molecule has 0 heterocycles. The maximum atomic E-state index is 6.07. The molecule has 0 fully saturated rings. The first kappa shape index (κ1) is 16.3. The van der Waals surface area contributed by atoms with Crippen molar-refractivity contribution in [3.05, 3.63) is 28.8 Å². The predicted octanol–water partition coefficient (Wildman–Crippen LogP) is 3.34. The van der Waals surface area contributed by atoms with Crippen LogP contribution >= 0.6 is 11.6 Å². The second kappa shape index (κ2) is 8.41. The Bertz CT molecular complexity index is 382. The van der Waals surface area contributed by atoms with E-state index in [0.29, 0.717) is 0 Å². The average Bonchev–Trinajstić information content (AvgIpc) is 2.36. The third-order valence-corrected chi connectivity index (χ3v) is 3.19. The highest BCUT2D eigenvalue weighted by molar-refractivity contribution is 6.30. The van der Waals surface area contributed by atoms with E-state index in [1.807, 2.05) is 18.2 Å². The van der Waals surface area contributed by atoms with Gasteiger partial charge in [0.25, 0.3) is 0 Å². The summed E-state index contributed by atoms with van der Waals surface area (Å²) in [5.74, 6) is 0.927. The van der Waals surface area contributed by atoms with Gasteiger partial charge in [-0.3, -0.25) is 0 Å². The van der Waals surface area contributed by atoms with Gasteiger partial charge in [-0.15, -0.1) is 0 Å². The Morgan fingerprint density at radius 3 is 2.74 bits per heavy atom. The van der Waals surface area contributed by atoms with Gasteiger partial charge in [-0.05, 0) is 52.2 Å². The third-order valence-electron chi connectivity index (χ3n) is 2.96. The molecule has 0 radical (unpaired) electrons. The lowest BCUT2D eigenvalue weighted by Gasteiger charge is -2.18. The van der Waals surface area contributed by atoms with E-state index in [1.165, 1.54) is 0 Å². The van der Waals surface area contributed by atoms with Crippen molar-refractivity contribution in [2.24, 2.45) is 0 Å². The van der Waals surface area contributed by atoms with E-state index in [0.717, 1.165) is 42.5 Å². The molecule has 19 heavy (non-hydrogen) atoms. The Balaban J connectivity index is 2.65. The predicted molar refractivity (Wildman–Crippen MR) is 82.2 cm³/mol. The maximum Gasteiger partial charge on any atom is 0.124 e. The summed E-state index contributed by atoms with van der Waals surface area (Å²) in [4.78, 5) is 2.16. The molecule has 0 aliphatic rings. The van der Waals surface area contributed by atoms with Crippen LogP contribution in [-0.4, -0.2) is 38.7 Å². The molecule has 0 spiro atoms. The number of hydrogen-bond donors (Lipinski definition) is 1. The van der Waals surface area contributed by atoms with Crippen LogP contribution in [0.1, 0.15) is 31.9 Å². The fourth-order valence-electron chi connectivity index (χ4n) is 1.97. The topological polar surface area (TPSA) is 24.5 Å². The van der Waals surface area contributed by atoms with Crippen molar-refractivity contribution in [2.75, 3.05) is 33.8 Å². The number of nitrogens with zero attached hydrogens (tertiary/aromatic N) is 1. The van der Waals surface area contributed by atoms with Gasteiger partial charge < -0.3 is 15.0 Å². The molecule has 0 aliphatic carbocycles. The largest absolute Gasteiger partial charge is 0.493 e. The van der Waals surface area contributed by atoms with Gasteiger partial charge in [-0.1, -0.05) is 18.5 Å². The van der Waals surface area contributed by atoms with Crippen molar-refractivity contribution >= 4 is 11.6 Å². The summed E-state index contributed by atoms with van der Waals surface area (Å²) in [6.45, 7) is 6.91. The van der Waals surface area contributed by atoms with Crippen molar-refractivity contribution in [3.63, 3.8) is 0 Å². The van der Waals surface area contributed by atoms with E-state index in [-0.39, 0.29) is 6.04 Å². The molecule has 1 aromatic carbocycles. The second-order valence-corrected chi connectivity index (χ2v) is 5.40. The lowest BCUT2D eigenvalue weighted by molar-refractivity contribution is 0.277. The Morgan fingerprint density at radius 1 is 1.37 bits per heavy atom. The number of rotatable bonds is 8. The van der Waals surface area contributed by atoms with Crippen LogP contribution in [0.3, 0.4) is 0 Å². The molecule has 1 N–H and O–H groups in total. The monoisotopic (exact) mass is 284 g/mol. The van der Waals surface area contributed by atoms with Crippen molar-refractivity contribution in [1.29, 1.82) is 0 Å². The highest BCUT2D eigenvalue weighted by Gasteiger charge is 2.11. The van der Waals surface area contributed by atoms with Gasteiger partial charge >= 0.3 is 0 Å². The molecule has 4 heteroatoms. The summed E-state index contributed by atoms with van der Waals surface area (Å²) >= 11 is 6.07. The van der Waals surface area contributed by atoms with Crippen LogP contribution in [0.4, 0.5) is 0 Å². The quantitative estimate of drug-likeness (QED) is 0.741. The lowest BCUT2D eigenvalue weighted by Crippen LogP contribution is -2.19. The molecular weight excluding hydrogens is 260 g/mol. The highest BCUT2D eigenvalue weighted by Crippen LogP contribution is 2.28. The smallest absolute Gasteiger partial charge is 0.124 e. The van der Waals surface area contributed by atoms with E-state index in [1.54, 1.807) is 0 Å². The average molecular weight is 285 g/mol. The summed E-state index contributed by atoms with van der Waals surface area (Å²) in [6.07, 6.45) is 1.02. The van der Waals surface area contributed by atoms with Crippen LogP contribution in [0.2, 0.25) is 5.02 Å². The lowest BCUT2D eigenvalue weighted by atomic mass is 10.1. The number of halogens is 1. The van der Waals surface area contributed by atoms with Crippen molar-refractivity contribution in [1.82, 2.24) is 10.2 Å². The molecular formula is C15H25ClN2O. The summed E-state index contributed by atoms with van der Waals surface area (Å²) in [5, 5.41) is 4.14. The minimum Gasteiger partial charge on any atom is -0.493 e. The van der Waals surface area contributed by atoms with Gasteiger partial charge in [0.2, 0.25) is 0 Å². The molecule has 108 valence electrons. The van der Waals surface area contributed by atoms with E-state index >= 15 is 0 Å². The van der Waals surface area contributed by atoms with E-state index in [2.05, 4.69) is 38.2 Å². The molecule has 0 aromatic heterocycles. The summed E-state index contributed by atoms with van der Waals surface area (Å²) in [7, 11) is 4.14. The van der Waals surface area contributed by atoms with Gasteiger partial charge in [0, 0.05) is 23.2 Å². The Labute approximate surface area is 121 Å². The Kier molecular flexibility index (Phi) is 7.21. The van der Waals surface area contributed by atoms with Crippen LogP contribution in [0.15, 0.2) is 18.2 Å². The Hall–Kier alpha value is -0.770. The first-order valence-corrected chi connectivity index (χ1v) is 7.22. The summed E-state index contributed by atoms with van der Waals surface area (Å²) < 4.78 is 5.88. The van der Waals surface area contributed by atoms with Gasteiger partial charge in [0.1, 0.15) is 5.75 Å². The van der Waals surface area contributed by atoms with Crippen molar-refractivity contribution in [3.8, 4) is 5.75 Å². The molecule has 1 aromatic rings. The van der Waals surface area contributed by atoms with E-state index in [4.69, 9.17) is 16.3 Å². The molecule has 0 bridgehead atoms.